The summed E-state index contributed by atoms with van der Waals surface area (Å²) in [5.41, 5.74) is 0. The molecule has 1 N–H and O–H groups in total. The summed E-state index contributed by atoms with van der Waals surface area (Å²) in [6, 6.07) is 0. The standard InChI is InChI=1S/C10H18F2N2O/c1-10(11,12)8-4-3-5-14(7-8)9(15)6-13-2/h8,13H,3-7H2,1-2H3/t8-/m0/s1. The molecule has 15 heavy (non-hydrogen) atoms. The lowest BCUT2D eigenvalue weighted by atomic mass is 9.92. The number of hydrogen-bond donors (Lipinski definition) is 1. The third-order valence-electron chi connectivity index (χ3n) is 2.82. The van der Waals surface area contributed by atoms with Gasteiger partial charge in [-0.1, -0.05) is 0 Å². The summed E-state index contributed by atoms with van der Waals surface area (Å²) in [5.74, 6) is -3.46. The predicted octanol–water partition coefficient (Wildman–Crippen LogP) is 1.10. The van der Waals surface area contributed by atoms with Crippen LogP contribution in [0.3, 0.4) is 0 Å². The second-order valence-electron chi connectivity index (χ2n) is 4.17. The Bertz CT molecular complexity index is 228. The van der Waals surface area contributed by atoms with E-state index in [0.717, 1.165) is 6.92 Å². The van der Waals surface area contributed by atoms with E-state index >= 15 is 0 Å². The van der Waals surface area contributed by atoms with Crippen LogP contribution >= 0.6 is 0 Å². The van der Waals surface area contributed by atoms with Crippen molar-refractivity contribution >= 4 is 5.91 Å². The number of amides is 1. The number of carbonyl (C=O) groups is 1. The molecule has 5 heteroatoms. The molecular weight excluding hydrogens is 202 g/mol. The summed E-state index contributed by atoms with van der Waals surface area (Å²) in [6.45, 7) is 1.95. The van der Waals surface area contributed by atoms with Crippen molar-refractivity contribution in [1.29, 1.82) is 0 Å². The number of likely N-dealkylation sites (N-methyl/N-ethyl adjacent to an activating group) is 1. The third kappa shape index (κ3) is 3.41. The zero-order valence-corrected chi connectivity index (χ0v) is 9.22. The monoisotopic (exact) mass is 220 g/mol. The van der Waals surface area contributed by atoms with Crippen molar-refractivity contribution in [2.24, 2.45) is 5.92 Å². The first-order chi connectivity index (χ1) is 6.95. The SMILES string of the molecule is CNCC(=O)N1CCC[C@H](C(C)(F)F)C1. The Kier molecular flexibility index (Phi) is 4.02. The van der Waals surface area contributed by atoms with Gasteiger partial charge in [0.25, 0.3) is 0 Å². The Labute approximate surface area is 88.8 Å². The zero-order chi connectivity index (χ0) is 11.5. The summed E-state index contributed by atoms with van der Waals surface area (Å²) < 4.78 is 26.2. The smallest absolute Gasteiger partial charge is 0.249 e. The molecule has 1 rings (SSSR count). The summed E-state index contributed by atoms with van der Waals surface area (Å²) in [7, 11) is 1.67. The van der Waals surface area contributed by atoms with Crippen molar-refractivity contribution in [2.75, 3.05) is 26.7 Å². The number of halogens is 2. The molecule has 0 aliphatic carbocycles. The van der Waals surface area contributed by atoms with Gasteiger partial charge in [0.15, 0.2) is 0 Å². The maximum Gasteiger partial charge on any atom is 0.249 e. The van der Waals surface area contributed by atoms with E-state index in [0.29, 0.717) is 19.4 Å². The molecule has 0 radical (unpaired) electrons. The molecule has 0 spiro atoms. The topological polar surface area (TPSA) is 32.3 Å². The second kappa shape index (κ2) is 4.88. The lowest BCUT2D eigenvalue weighted by Crippen LogP contribution is -2.47. The average molecular weight is 220 g/mol. The first-order valence-electron chi connectivity index (χ1n) is 5.25. The molecule has 1 fully saturated rings. The van der Waals surface area contributed by atoms with Gasteiger partial charge in [0.2, 0.25) is 11.8 Å². The molecular formula is C10H18F2N2O. The van der Waals surface area contributed by atoms with Gasteiger partial charge in [-0.15, -0.1) is 0 Å². The van der Waals surface area contributed by atoms with E-state index in [1.54, 1.807) is 7.05 Å². The van der Waals surface area contributed by atoms with Crippen LogP contribution in [0, 0.1) is 5.92 Å². The average Bonchev–Trinajstić information content (AvgIpc) is 2.17. The minimum absolute atomic E-state index is 0.0912. The minimum Gasteiger partial charge on any atom is -0.341 e. The van der Waals surface area contributed by atoms with Crippen molar-refractivity contribution in [2.45, 2.75) is 25.7 Å². The van der Waals surface area contributed by atoms with Crippen molar-refractivity contribution in [3.63, 3.8) is 0 Å². The van der Waals surface area contributed by atoms with Gasteiger partial charge in [-0.25, -0.2) is 8.78 Å². The second-order valence-corrected chi connectivity index (χ2v) is 4.17. The maximum absolute atomic E-state index is 13.1. The van der Waals surface area contributed by atoms with Crippen LogP contribution in [0.1, 0.15) is 19.8 Å². The van der Waals surface area contributed by atoms with E-state index in [-0.39, 0.29) is 19.0 Å². The number of nitrogens with one attached hydrogen (secondary N) is 1. The van der Waals surface area contributed by atoms with Gasteiger partial charge in [0.1, 0.15) is 0 Å². The lowest BCUT2D eigenvalue weighted by Gasteiger charge is -2.35. The van der Waals surface area contributed by atoms with Gasteiger partial charge >= 0.3 is 0 Å². The molecule has 0 aromatic rings. The van der Waals surface area contributed by atoms with Crippen molar-refractivity contribution in [1.82, 2.24) is 10.2 Å². The van der Waals surface area contributed by atoms with Crippen LogP contribution in [0.2, 0.25) is 0 Å². The Morgan fingerprint density at radius 3 is 2.80 bits per heavy atom. The predicted molar refractivity (Wildman–Crippen MR) is 53.9 cm³/mol. The summed E-state index contributed by atoms with van der Waals surface area (Å²) in [5, 5.41) is 2.74. The van der Waals surface area contributed by atoms with Crippen LogP contribution in [-0.4, -0.2) is 43.4 Å². The number of likely N-dealkylation sites (tertiary alicyclic amines) is 1. The highest BCUT2D eigenvalue weighted by molar-refractivity contribution is 5.78. The van der Waals surface area contributed by atoms with E-state index in [1.165, 1.54) is 4.90 Å². The van der Waals surface area contributed by atoms with Crippen molar-refractivity contribution in [3.8, 4) is 0 Å². The number of alkyl halides is 2. The number of piperidine rings is 1. The molecule has 1 saturated heterocycles. The molecule has 1 aliphatic rings. The molecule has 1 heterocycles. The van der Waals surface area contributed by atoms with Gasteiger partial charge < -0.3 is 10.2 Å². The van der Waals surface area contributed by atoms with Gasteiger partial charge in [-0.2, -0.15) is 0 Å². The fourth-order valence-corrected chi connectivity index (χ4v) is 1.88. The molecule has 1 amide bonds. The lowest BCUT2D eigenvalue weighted by molar-refractivity contribution is -0.136. The van der Waals surface area contributed by atoms with E-state index in [4.69, 9.17) is 0 Å². The van der Waals surface area contributed by atoms with E-state index < -0.39 is 11.8 Å². The molecule has 0 bridgehead atoms. The zero-order valence-electron chi connectivity index (χ0n) is 9.22. The van der Waals surface area contributed by atoms with Crippen LogP contribution < -0.4 is 5.32 Å². The highest BCUT2D eigenvalue weighted by Crippen LogP contribution is 2.31. The van der Waals surface area contributed by atoms with Gasteiger partial charge in [-0.3, -0.25) is 4.79 Å². The summed E-state index contributed by atoms with van der Waals surface area (Å²) >= 11 is 0. The Morgan fingerprint density at radius 2 is 2.27 bits per heavy atom. The van der Waals surface area contributed by atoms with Gasteiger partial charge in [0.05, 0.1) is 6.54 Å². The maximum atomic E-state index is 13.1. The Morgan fingerprint density at radius 1 is 1.60 bits per heavy atom. The number of rotatable bonds is 3. The van der Waals surface area contributed by atoms with E-state index in [9.17, 15) is 13.6 Å². The molecule has 0 saturated carbocycles. The fraction of sp³-hybridized carbons (Fsp3) is 0.900. The van der Waals surface area contributed by atoms with Crippen molar-refractivity contribution < 1.29 is 13.6 Å². The number of hydrogen-bond acceptors (Lipinski definition) is 2. The molecule has 3 nitrogen and oxygen atoms in total. The first kappa shape index (κ1) is 12.4. The van der Waals surface area contributed by atoms with Crippen LogP contribution in [-0.2, 0) is 4.79 Å². The van der Waals surface area contributed by atoms with E-state index in [1.807, 2.05) is 0 Å². The molecule has 0 aromatic carbocycles. The van der Waals surface area contributed by atoms with Crippen LogP contribution in [0.5, 0.6) is 0 Å². The molecule has 1 aliphatic heterocycles. The summed E-state index contributed by atoms with van der Waals surface area (Å²) in [6.07, 6.45) is 1.18. The molecule has 0 unspecified atom stereocenters. The molecule has 88 valence electrons. The van der Waals surface area contributed by atoms with Crippen LogP contribution in [0.15, 0.2) is 0 Å². The Balaban J connectivity index is 2.52. The largest absolute Gasteiger partial charge is 0.341 e. The number of carbonyl (C=O) groups excluding carboxylic acids is 1. The highest BCUT2D eigenvalue weighted by atomic mass is 19.3. The molecule has 0 aromatic heterocycles. The number of nitrogens with zero attached hydrogens (tertiary/aromatic N) is 1. The van der Waals surface area contributed by atoms with Gasteiger partial charge in [-0.05, 0) is 26.8 Å². The van der Waals surface area contributed by atoms with Crippen molar-refractivity contribution in [3.05, 3.63) is 0 Å². The Hall–Kier alpha value is -0.710. The quantitative estimate of drug-likeness (QED) is 0.772. The molecule has 1 atom stereocenters. The van der Waals surface area contributed by atoms with Crippen LogP contribution in [0.25, 0.3) is 0 Å². The summed E-state index contributed by atoms with van der Waals surface area (Å²) in [4.78, 5) is 13.0. The minimum atomic E-state index is -2.68. The normalized spacial score (nSPS) is 22.9. The highest BCUT2D eigenvalue weighted by Gasteiger charge is 2.37. The van der Waals surface area contributed by atoms with E-state index in [2.05, 4.69) is 5.32 Å². The van der Waals surface area contributed by atoms with Gasteiger partial charge in [0, 0.05) is 19.0 Å². The first-order valence-corrected chi connectivity index (χ1v) is 5.25. The fourth-order valence-electron chi connectivity index (χ4n) is 1.88. The van der Waals surface area contributed by atoms with Crippen LogP contribution in [0.4, 0.5) is 8.78 Å². The third-order valence-corrected chi connectivity index (χ3v) is 2.82.